The van der Waals surface area contributed by atoms with Crippen LogP contribution in [0.25, 0.3) is 0 Å². The zero-order valence-electron chi connectivity index (χ0n) is 10.4. The van der Waals surface area contributed by atoms with E-state index in [2.05, 4.69) is 0 Å². The first-order valence-electron chi connectivity index (χ1n) is 6.97. The Bertz CT molecular complexity index is 464. The zero-order valence-corrected chi connectivity index (χ0v) is 10.4. The molecule has 4 fully saturated rings. The second-order valence-corrected chi connectivity index (χ2v) is 6.67. The third kappa shape index (κ3) is 1.33. The van der Waals surface area contributed by atoms with Crippen molar-refractivity contribution in [3.05, 3.63) is 23.7 Å². The summed E-state index contributed by atoms with van der Waals surface area (Å²) in [4.78, 5) is 11.3. The standard InChI is InChI=1S/C15H18O3/c16-14(17)13-12(1-2-18-13)15-6-9-3-10(7-15)5-11(4-9)8-15/h1-2,9-11H,3-8H2,(H,16,17). The third-order valence-corrected chi connectivity index (χ3v) is 5.47. The molecule has 4 aliphatic carbocycles. The van der Waals surface area contributed by atoms with E-state index in [1.165, 1.54) is 38.5 Å². The van der Waals surface area contributed by atoms with Crippen molar-refractivity contribution in [2.75, 3.05) is 0 Å². The van der Waals surface area contributed by atoms with Crippen molar-refractivity contribution in [3.8, 4) is 0 Å². The summed E-state index contributed by atoms with van der Waals surface area (Å²) < 4.78 is 5.22. The maximum atomic E-state index is 11.3. The molecule has 4 saturated carbocycles. The van der Waals surface area contributed by atoms with Crippen LogP contribution >= 0.6 is 0 Å². The summed E-state index contributed by atoms with van der Waals surface area (Å²) in [6.45, 7) is 0. The van der Waals surface area contributed by atoms with Gasteiger partial charge < -0.3 is 9.52 Å². The second kappa shape index (κ2) is 3.40. The topological polar surface area (TPSA) is 50.4 Å². The highest BCUT2D eigenvalue weighted by molar-refractivity contribution is 5.86. The molecule has 0 spiro atoms. The predicted octanol–water partition coefficient (Wildman–Crippen LogP) is 3.45. The maximum absolute atomic E-state index is 11.3. The minimum Gasteiger partial charge on any atom is -0.475 e. The molecule has 3 nitrogen and oxygen atoms in total. The summed E-state index contributed by atoms with van der Waals surface area (Å²) in [6.07, 6.45) is 9.21. The van der Waals surface area contributed by atoms with Gasteiger partial charge in [0.1, 0.15) is 0 Å². The molecule has 4 aliphatic rings. The summed E-state index contributed by atoms with van der Waals surface area (Å²) in [5, 5.41) is 9.26. The fourth-order valence-electron chi connectivity index (χ4n) is 5.33. The van der Waals surface area contributed by atoms with E-state index >= 15 is 0 Å². The molecule has 0 radical (unpaired) electrons. The third-order valence-electron chi connectivity index (χ3n) is 5.47. The van der Waals surface area contributed by atoms with Crippen molar-refractivity contribution in [1.82, 2.24) is 0 Å². The molecule has 3 heteroatoms. The van der Waals surface area contributed by atoms with Gasteiger partial charge in [-0.3, -0.25) is 0 Å². The minimum absolute atomic E-state index is 0.121. The Kier molecular flexibility index (Phi) is 2.01. The zero-order chi connectivity index (χ0) is 12.3. The van der Waals surface area contributed by atoms with Crippen LogP contribution in [0.1, 0.15) is 54.6 Å². The molecule has 96 valence electrons. The van der Waals surface area contributed by atoms with Gasteiger partial charge in [0.25, 0.3) is 0 Å². The molecule has 1 aromatic heterocycles. The Morgan fingerprint density at radius 2 is 1.72 bits per heavy atom. The molecular weight excluding hydrogens is 228 g/mol. The van der Waals surface area contributed by atoms with E-state index in [0.717, 1.165) is 23.3 Å². The molecule has 18 heavy (non-hydrogen) atoms. The van der Waals surface area contributed by atoms with Gasteiger partial charge in [-0.05, 0) is 62.3 Å². The largest absolute Gasteiger partial charge is 0.475 e. The number of carboxylic acid groups (broad SMARTS) is 1. The fourth-order valence-corrected chi connectivity index (χ4v) is 5.33. The second-order valence-electron chi connectivity index (χ2n) is 6.67. The molecule has 4 bridgehead atoms. The van der Waals surface area contributed by atoms with E-state index in [9.17, 15) is 9.90 Å². The van der Waals surface area contributed by atoms with Crippen LogP contribution < -0.4 is 0 Å². The van der Waals surface area contributed by atoms with E-state index in [0.29, 0.717) is 0 Å². The number of hydrogen-bond acceptors (Lipinski definition) is 2. The highest BCUT2D eigenvalue weighted by atomic mass is 16.4. The number of hydrogen-bond donors (Lipinski definition) is 1. The van der Waals surface area contributed by atoms with Gasteiger partial charge in [0.05, 0.1) is 6.26 Å². The Balaban J connectivity index is 1.79. The lowest BCUT2D eigenvalue weighted by Crippen LogP contribution is -2.48. The van der Waals surface area contributed by atoms with Crippen LogP contribution in [0.15, 0.2) is 16.7 Å². The smallest absolute Gasteiger partial charge is 0.372 e. The first-order chi connectivity index (χ1) is 8.66. The lowest BCUT2D eigenvalue weighted by molar-refractivity contribution is -0.00627. The van der Waals surface area contributed by atoms with Crippen LogP contribution in [-0.2, 0) is 5.41 Å². The molecule has 5 rings (SSSR count). The summed E-state index contributed by atoms with van der Waals surface area (Å²) >= 11 is 0. The average molecular weight is 246 g/mol. The van der Waals surface area contributed by atoms with Gasteiger partial charge in [-0.15, -0.1) is 0 Å². The van der Waals surface area contributed by atoms with Crippen molar-refractivity contribution in [2.24, 2.45) is 17.8 Å². The SMILES string of the molecule is O=C(O)c1occc1C12CC3CC(CC(C3)C1)C2. The molecule has 0 aromatic carbocycles. The van der Waals surface area contributed by atoms with E-state index < -0.39 is 5.97 Å². The molecule has 0 saturated heterocycles. The van der Waals surface area contributed by atoms with E-state index in [4.69, 9.17) is 4.42 Å². The van der Waals surface area contributed by atoms with Gasteiger partial charge >= 0.3 is 5.97 Å². The van der Waals surface area contributed by atoms with Gasteiger partial charge in [0.15, 0.2) is 0 Å². The normalized spacial score (nSPS) is 41.2. The van der Waals surface area contributed by atoms with E-state index in [-0.39, 0.29) is 11.2 Å². The molecule has 1 N–H and O–H groups in total. The summed E-state index contributed by atoms with van der Waals surface area (Å²) in [5.74, 6) is 1.76. The van der Waals surface area contributed by atoms with Gasteiger partial charge in [-0.1, -0.05) is 0 Å². The monoisotopic (exact) mass is 246 g/mol. The van der Waals surface area contributed by atoms with Gasteiger partial charge in [-0.2, -0.15) is 0 Å². The van der Waals surface area contributed by atoms with Crippen molar-refractivity contribution < 1.29 is 14.3 Å². The minimum atomic E-state index is -0.911. The maximum Gasteiger partial charge on any atom is 0.372 e. The number of aromatic carboxylic acids is 1. The molecule has 0 unspecified atom stereocenters. The summed E-state index contributed by atoms with van der Waals surface area (Å²) in [5.41, 5.74) is 1.10. The van der Waals surface area contributed by atoms with Crippen molar-refractivity contribution >= 4 is 5.97 Å². The fraction of sp³-hybridized carbons (Fsp3) is 0.667. The lowest BCUT2D eigenvalue weighted by atomic mass is 9.48. The molecular formula is C15H18O3. The quantitative estimate of drug-likeness (QED) is 0.869. The highest BCUT2D eigenvalue weighted by Gasteiger charge is 2.53. The Morgan fingerprint density at radius 3 is 2.22 bits per heavy atom. The Labute approximate surface area is 106 Å². The van der Waals surface area contributed by atoms with Crippen LogP contribution in [0.5, 0.6) is 0 Å². The Hall–Kier alpha value is -1.25. The first kappa shape index (κ1) is 10.7. The van der Waals surface area contributed by atoms with Crippen LogP contribution in [0.4, 0.5) is 0 Å². The van der Waals surface area contributed by atoms with Crippen molar-refractivity contribution in [3.63, 3.8) is 0 Å². The number of carbonyl (C=O) groups is 1. The van der Waals surface area contributed by atoms with Crippen molar-refractivity contribution in [2.45, 2.75) is 43.9 Å². The average Bonchev–Trinajstić information content (AvgIpc) is 2.76. The van der Waals surface area contributed by atoms with Crippen LogP contribution in [0, 0.1) is 17.8 Å². The Morgan fingerprint density at radius 1 is 1.17 bits per heavy atom. The predicted molar refractivity (Wildman–Crippen MR) is 65.5 cm³/mol. The lowest BCUT2D eigenvalue weighted by Gasteiger charge is -2.56. The molecule has 1 heterocycles. The highest BCUT2D eigenvalue weighted by Crippen LogP contribution is 2.61. The van der Waals surface area contributed by atoms with Gasteiger partial charge in [0.2, 0.25) is 5.76 Å². The summed E-state index contributed by atoms with van der Waals surface area (Å²) in [6, 6.07) is 1.91. The number of carboxylic acids is 1. The van der Waals surface area contributed by atoms with Crippen molar-refractivity contribution in [1.29, 1.82) is 0 Å². The van der Waals surface area contributed by atoms with E-state index in [1.54, 1.807) is 6.26 Å². The van der Waals surface area contributed by atoms with Gasteiger partial charge in [-0.25, -0.2) is 4.79 Å². The van der Waals surface area contributed by atoms with Crippen LogP contribution in [0.3, 0.4) is 0 Å². The van der Waals surface area contributed by atoms with Gasteiger partial charge in [0, 0.05) is 11.0 Å². The number of rotatable bonds is 2. The molecule has 0 atom stereocenters. The first-order valence-corrected chi connectivity index (χ1v) is 6.97. The molecule has 0 aliphatic heterocycles. The van der Waals surface area contributed by atoms with Crippen LogP contribution in [-0.4, -0.2) is 11.1 Å². The summed E-state index contributed by atoms with van der Waals surface area (Å²) in [7, 11) is 0. The molecule has 0 amide bonds. The number of furan rings is 1. The van der Waals surface area contributed by atoms with Crippen LogP contribution in [0.2, 0.25) is 0 Å². The van der Waals surface area contributed by atoms with E-state index in [1.807, 2.05) is 6.07 Å². The molecule has 1 aromatic rings.